The van der Waals surface area contributed by atoms with Crippen LogP contribution in [0, 0.1) is 5.82 Å². The molecule has 1 heterocycles. The van der Waals surface area contributed by atoms with Crippen LogP contribution in [-0.4, -0.2) is 15.7 Å². The lowest BCUT2D eigenvalue weighted by molar-refractivity contribution is -0.121. The molecule has 0 fully saturated rings. The average molecular weight is 275 g/mol. The Morgan fingerprint density at radius 1 is 1.35 bits per heavy atom. The first-order valence-corrected chi connectivity index (χ1v) is 6.55. The number of aromatic nitrogens is 2. The molecule has 5 heteroatoms. The summed E-state index contributed by atoms with van der Waals surface area (Å²) in [4.78, 5) is 11.9. The smallest absolute Gasteiger partial charge is 0.220 e. The fourth-order valence-corrected chi connectivity index (χ4v) is 2.02. The molecule has 106 valence electrons. The summed E-state index contributed by atoms with van der Waals surface area (Å²) in [5.41, 5.74) is 1.91. The van der Waals surface area contributed by atoms with Crippen molar-refractivity contribution in [1.29, 1.82) is 0 Å². The number of amides is 1. The van der Waals surface area contributed by atoms with Crippen LogP contribution in [0.1, 0.15) is 30.5 Å². The molecule has 1 aromatic carbocycles. The summed E-state index contributed by atoms with van der Waals surface area (Å²) in [7, 11) is 1.84. The number of rotatable bonds is 5. The molecular weight excluding hydrogens is 257 g/mol. The van der Waals surface area contributed by atoms with Gasteiger partial charge in [-0.05, 0) is 29.7 Å². The second-order valence-corrected chi connectivity index (χ2v) is 4.88. The van der Waals surface area contributed by atoms with E-state index in [1.807, 2.05) is 20.0 Å². The fraction of sp³-hybridized carbons (Fsp3) is 0.333. The topological polar surface area (TPSA) is 46.9 Å². The van der Waals surface area contributed by atoms with Gasteiger partial charge in [0, 0.05) is 19.7 Å². The summed E-state index contributed by atoms with van der Waals surface area (Å²) in [6.45, 7) is 2.42. The molecule has 0 aliphatic rings. The maximum absolute atomic E-state index is 12.8. The molecule has 0 bridgehead atoms. The number of benzene rings is 1. The zero-order valence-corrected chi connectivity index (χ0v) is 11.6. The van der Waals surface area contributed by atoms with Crippen molar-refractivity contribution in [3.8, 4) is 0 Å². The SMILES string of the molecule is CC(CC(=O)NCc1ccnn1C)c1ccc(F)cc1. The summed E-state index contributed by atoms with van der Waals surface area (Å²) in [6.07, 6.45) is 2.08. The summed E-state index contributed by atoms with van der Waals surface area (Å²) >= 11 is 0. The Kier molecular flexibility index (Phi) is 4.50. The molecule has 0 aliphatic carbocycles. The molecule has 0 saturated heterocycles. The van der Waals surface area contributed by atoms with Crippen molar-refractivity contribution in [2.45, 2.75) is 25.8 Å². The van der Waals surface area contributed by atoms with Crippen molar-refractivity contribution in [2.24, 2.45) is 7.05 Å². The predicted molar refractivity (Wildman–Crippen MR) is 74.5 cm³/mol. The minimum atomic E-state index is -0.262. The van der Waals surface area contributed by atoms with Crippen LogP contribution in [0.15, 0.2) is 36.5 Å². The summed E-state index contributed by atoms with van der Waals surface area (Å²) in [5, 5.41) is 6.91. The zero-order valence-electron chi connectivity index (χ0n) is 11.6. The van der Waals surface area contributed by atoms with E-state index in [9.17, 15) is 9.18 Å². The molecule has 4 nitrogen and oxygen atoms in total. The van der Waals surface area contributed by atoms with Crippen LogP contribution in [0.25, 0.3) is 0 Å². The molecule has 1 amide bonds. The number of aryl methyl sites for hydroxylation is 1. The van der Waals surface area contributed by atoms with Gasteiger partial charge in [0.25, 0.3) is 0 Å². The van der Waals surface area contributed by atoms with Crippen molar-refractivity contribution in [1.82, 2.24) is 15.1 Å². The predicted octanol–water partition coefficient (Wildman–Crippen LogP) is 2.37. The average Bonchev–Trinajstić information content (AvgIpc) is 2.82. The monoisotopic (exact) mass is 275 g/mol. The maximum atomic E-state index is 12.8. The van der Waals surface area contributed by atoms with Gasteiger partial charge in [0.2, 0.25) is 5.91 Å². The second-order valence-electron chi connectivity index (χ2n) is 4.88. The molecule has 1 aromatic heterocycles. The number of hydrogen-bond acceptors (Lipinski definition) is 2. The van der Waals surface area contributed by atoms with E-state index in [0.717, 1.165) is 11.3 Å². The first-order valence-electron chi connectivity index (χ1n) is 6.55. The van der Waals surface area contributed by atoms with Crippen molar-refractivity contribution in [3.05, 3.63) is 53.6 Å². The van der Waals surface area contributed by atoms with Crippen LogP contribution in [0.3, 0.4) is 0 Å². The Morgan fingerprint density at radius 3 is 2.65 bits per heavy atom. The number of nitrogens with one attached hydrogen (secondary N) is 1. The van der Waals surface area contributed by atoms with Gasteiger partial charge in [-0.3, -0.25) is 9.48 Å². The highest BCUT2D eigenvalue weighted by Gasteiger charge is 2.11. The van der Waals surface area contributed by atoms with Gasteiger partial charge in [-0.15, -0.1) is 0 Å². The standard InChI is InChI=1S/C15H18FN3O/c1-11(12-3-5-13(16)6-4-12)9-15(20)17-10-14-7-8-18-19(14)2/h3-8,11H,9-10H2,1-2H3,(H,17,20). The van der Waals surface area contributed by atoms with E-state index in [4.69, 9.17) is 0 Å². The van der Waals surface area contributed by atoms with Crippen LogP contribution in [-0.2, 0) is 18.4 Å². The van der Waals surface area contributed by atoms with Crippen LogP contribution in [0.2, 0.25) is 0 Å². The van der Waals surface area contributed by atoms with Crippen molar-refractivity contribution < 1.29 is 9.18 Å². The molecule has 1 N–H and O–H groups in total. The lowest BCUT2D eigenvalue weighted by atomic mass is 9.97. The summed E-state index contributed by atoms with van der Waals surface area (Å²) in [5.74, 6) is -0.230. The molecule has 20 heavy (non-hydrogen) atoms. The van der Waals surface area contributed by atoms with Gasteiger partial charge in [-0.1, -0.05) is 19.1 Å². The van der Waals surface area contributed by atoms with Crippen LogP contribution in [0.5, 0.6) is 0 Å². The van der Waals surface area contributed by atoms with E-state index in [1.165, 1.54) is 12.1 Å². The normalized spacial score (nSPS) is 12.2. The van der Waals surface area contributed by atoms with Gasteiger partial charge < -0.3 is 5.32 Å². The number of carbonyl (C=O) groups excluding carboxylic acids is 1. The van der Waals surface area contributed by atoms with E-state index >= 15 is 0 Å². The Labute approximate surface area is 117 Å². The third-order valence-electron chi connectivity index (χ3n) is 3.32. The van der Waals surface area contributed by atoms with E-state index < -0.39 is 0 Å². The van der Waals surface area contributed by atoms with E-state index in [-0.39, 0.29) is 17.6 Å². The highest BCUT2D eigenvalue weighted by molar-refractivity contribution is 5.76. The quantitative estimate of drug-likeness (QED) is 0.910. The first kappa shape index (κ1) is 14.2. The highest BCUT2D eigenvalue weighted by atomic mass is 19.1. The third-order valence-corrected chi connectivity index (χ3v) is 3.32. The van der Waals surface area contributed by atoms with Crippen molar-refractivity contribution in [2.75, 3.05) is 0 Å². The first-order chi connectivity index (χ1) is 9.56. The largest absolute Gasteiger partial charge is 0.350 e. The number of nitrogens with zero attached hydrogens (tertiary/aromatic N) is 2. The number of halogens is 1. The highest BCUT2D eigenvalue weighted by Crippen LogP contribution is 2.19. The summed E-state index contributed by atoms with van der Waals surface area (Å²) in [6, 6.07) is 8.13. The van der Waals surface area contributed by atoms with Gasteiger partial charge in [-0.25, -0.2) is 4.39 Å². The van der Waals surface area contributed by atoms with Crippen LogP contribution < -0.4 is 5.32 Å². The third kappa shape index (κ3) is 3.66. The molecular formula is C15H18FN3O. The minimum Gasteiger partial charge on any atom is -0.350 e. The molecule has 0 spiro atoms. The Hall–Kier alpha value is -2.17. The Bertz CT molecular complexity index is 577. The van der Waals surface area contributed by atoms with Gasteiger partial charge in [0.1, 0.15) is 5.82 Å². The second kappa shape index (κ2) is 6.32. The lowest BCUT2D eigenvalue weighted by Gasteiger charge is -2.12. The van der Waals surface area contributed by atoms with Gasteiger partial charge in [0.05, 0.1) is 12.2 Å². The van der Waals surface area contributed by atoms with Crippen LogP contribution >= 0.6 is 0 Å². The van der Waals surface area contributed by atoms with Crippen molar-refractivity contribution >= 4 is 5.91 Å². The lowest BCUT2D eigenvalue weighted by Crippen LogP contribution is -2.25. The van der Waals surface area contributed by atoms with E-state index in [2.05, 4.69) is 10.4 Å². The summed E-state index contributed by atoms with van der Waals surface area (Å²) < 4.78 is 14.6. The molecule has 2 aromatic rings. The molecule has 0 saturated carbocycles. The molecule has 2 rings (SSSR count). The van der Waals surface area contributed by atoms with E-state index in [0.29, 0.717) is 13.0 Å². The van der Waals surface area contributed by atoms with Crippen molar-refractivity contribution in [3.63, 3.8) is 0 Å². The Balaban J connectivity index is 1.85. The van der Waals surface area contributed by atoms with E-state index in [1.54, 1.807) is 23.0 Å². The molecule has 0 aliphatic heterocycles. The van der Waals surface area contributed by atoms with Crippen LogP contribution in [0.4, 0.5) is 4.39 Å². The molecule has 1 unspecified atom stereocenters. The fourth-order valence-electron chi connectivity index (χ4n) is 2.02. The Morgan fingerprint density at radius 2 is 2.05 bits per heavy atom. The number of hydrogen-bond donors (Lipinski definition) is 1. The van der Waals surface area contributed by atoms with Gasteiger partial charge >= 0.3 is 0 Å². The zero-order chi connectivity index (χ0) is 14.5. The maximum Gasteiger partial charge on any atom is 0.220 e. The number of carbonyl (C=O) groups is 1. The molecule has 0 radical (unpaired) electrons. The van der Waals surface area contributed by atoms with Gasteiger partial charge in [-0.2, -0.15) is 5.10 Å². The minimum absolute atomic E-state index is 0.0250. The van der Waals surface area contributed by atoms with Gasteiger partial charge in [0.15, 0.2) is 0 Å². The molecule has 1 atom stereocenters.